The molecular weight excluding hydrogens is 710 g/mol. The molecule has 2 N–H and O–H groups in total. The van der Waals surface area contributed by atoms with Gasteiger partial charge in [-0.25, -0.2) is 4.68 Å². The Labute approximate surface area is 311 Å². The van der Waals surface area contributed by atoms with Gasteiger partial charge in [0, 0.05) is 35.7 Å². The average Bonchev–Trinajstić information content (AvgIpc) is 3.74. The Balaban J connectivity index is 1.13. The highest BCUT2D eigenvalue weighted by atomic mass is 28.4. The molecule has 0 bridgehead atoms. The zero-order valence-corrected chi connectivity index (χ0v) is 31.1. The highest BCUT2D eigenvalue weighted by molar-refractivity contribution is 6.72. The molecule has 1 spiro atoms. The van der Waals surface area contributed by atoms with Crippen LogP contribution in [0.25, 0.3) is 16.6 Å². The van der Waals surface area contributed by atoms with Crippen molar-refractivity contribution in [3.8, 4) is 5.69 Å². The minimum absolute atomic E-state index is 0.0689. The second-order valence-corrected chi connectivity index (χ2v) is 18.9. The maximum Gasteiger partial charge on any atom is 0.279 e. The Morgan fingerprint density at radius 1 is 1.04 bits per heavy atom. The Morgan fingerprint density at radius 2 is 1.74 bits per heavy atom. The van der Waals surface area contributed by atoms with Crippen LogP contribution in [0.1, 0.15) is 35.6 Å². The molecule has 3 aliphatic heterocycles. The first kappa shape index (κ1) is 35.6. The first-order valence-electron chi connectivity index (χ1n) is 18.1. The van der Waals surface area contributed by atoms with E-state index in [1.165, 1.54) is 40.9 Å². The molecule has 8 rings (SSSR count). The van der Waals surface area contributed by atoms with Gasteiger partial charge in [-0.05, 0) is 66.5 Å². The number of fused-ring (bicyclic) bond motifs is 4. The number of carbonyl (C=O) groups is 2. The van der Waals surface area contributed by atoms with Gasteiger partial charge < -0.3 is 23.8 Å². The number of hydrogen-bond acceptors (Lipinski definition) is 7. The summed E-state index contributed by atoms with van der Waals surface area (Å²) >= 11 is 0. The van der Waals surface area contributed by atoms with Crippen molar-refractivity contribution in [1.29, 1.82) is 0 Å². The van der Waals surface area contributed by atoms with Crippen LogP contribution in [-0.4, -0.2) is 63.7 Å². The van der Waals surface area contributed by atoms with Gasteiger partial charge >= 0.3 is 0 Å². The third-order valence-electron chi connectivity index (χ3n) is 11.5. The van der Waals surface area contributed by atoms with Crippen molar-refractivity contribution in [2.24, 2.45) is 5.92 Å². The van der Waals surface area contributed by atoms with Crippen LogP contribution in [0.5, 0.6) is 0 Å². The summed E-state index contributed by atoms with van der Waals surface area (Å²) in [5.41, 5.74) is 1.68. The summed E-state index contributed by atoms with van der Waals surface area (Å²) in [4.78, 5) is 56.7. The monoisotopic (exact) mass is 749 g/mol. The molecule has 5 atom stereocenters. The molecule has 14 heteroatoms. The lowest BCUT2D eigenvalue weighted by Crippen LogP contribution is -2.48. The van der Waals surface area contributed by atoms with Gasteiger partial charge in [0.25, 0.3) is 17.2 Å². The van der Waals surface area contributed by atoms with Crippen molar-refractivity contribution >= 4 is 42.5 Å². The number of ether oxygens (including phenoxy) is 1. The van der Waals surface area contributed by atoms with Gasteiger partial charge in [0.2, 0.25) is 14.3 Å². The lowest BCUT2D eigenvalue weighted by molar-refractivity contribution is -0.385. The number of H-pyrrole nitrogens is 1. The van der Waals surface area contributed by atoms with E-state index in [2.05, 4.69) is 5.10 Å². The van der Waals surface area contributed by atoms with Gasteiger partial charge in [-0.3, -0.25) is 29.6 Å². The number of aliphatic hydroxyl groups is 1. The molecule has 1 aromatic heterocycles. The van der Waals surface area contributed by atoms with Crippen LogP contribution in [0.15, 0.2) is 95.8 Å². The van der Waals surface area contributed by atoms with E-state index in [1.54, 1.807) is 48.2 Å². The number of para-hydroxylation sites is 1. The van der Waals surface area contributed by atoms with Gasteiger partial charge in [0.05, 0.1) is 58.9 Å². The number of nitrogens with one attached hydrogen (secondary N) is 1. The molecule has 4 aromatic carbocycles. The van der Waals surface area contributed by atoms with E-state index >= 15 is 4.11 Å². The molecule has 0 unspecified atom stereocenters. The number of non-ortho nitro benzene ring substituents is 1. The van der Waals surface area contributed by atoms with Crippen molar-refractivity contribution in [3.05, 3.63) is 134 Å². The van der Waals surface area contributed by atoms with Crippen LogP contribution >= 0.6 is 0 Å². The Morgan fingerprint density at radius 3 is 2.43 bits per heavy atom. The second kappa shape index (κ2) is 13.1. The molecule has 278 valence electrons. The average molecular weight is 750 g/mol. The molecule has 0 radical (unpaired) electrons. The molecular formula is C40H40FN5O7Si. The Hall–Kier alpha value is -5.44. The number of anilines is 1. The Bertz CT molecular complexity index is 2370. The van der Waals surface area contributed by atoms with E-state index in [4.69, 9.17) is 4.74 Å². The number of amides is 2. The predicted octanol–water partition coefficient (Wildman–Crippen LogP) is 5.88. The van der Waals surface area contributed by atoms with Crippen LogP contribution in [0.2, 0.25) is 18.6 Å². The van der Waals surface area contributed by atoms with Crippen LogP contribution in [0.4, 0.5) is 15.5 Å². The molecule has 1 fully saturated rings. The first-order chi connectivity index (χ1) is 25.8. The fraction of sp³-hybridized carbons (Fsp3) is 0.325. The summed E-state index contributed by atoms with van der Waals surface area (Å²) in [6.07, 6.45) is -0.747. The molecule has 1 saturated heterocycles. The maximum atomic E-state index is 16.5. The SMILES string of the molecule is C[C@H]1[C@H]([Si](C)(C)F)[C@@H](CC(=O)N2Cc3ccccc3C[C@H]2CO)O[C@]12C(=O)N(Cc1ccc(-n3[nH]c4ccccc4c3=O)cc1)c1ccc([N+](=O)[O-])cc12. The zero-order chi connectivity index (χ0) is 38.1. The number of carbonyl (C=O) groups excluding carboxylic acids is 2. The Kier molecular flexibility index (Phi) is 8.66. The van der Waals surface area contributed by atoms with E-state index in [-0.39, 0.29) is 48.8 Å². The highest BCUT2D eigenvalue weighted by Crippen LogP contribution is 2.60. The summed E-state index contributed by atoms with van der Waals surface area (Å²) in [7, 11) is -3.66. The largest absolute Gasteiger partial charge is 0.394 e. The number of nitro benzene ring substituents is 1. The number of nitrogens with zero attached hydrogens (tertiary/aromatic N) is 4. The van der Waals surface area contributed by atoms with Crippen LogP contribution in [-0.2, 0) is 39.4 Å². The lowest BCUT2D eigenvalue weighted by Gasteiger charge is -2.37. The molecule has 5 aromatic rings. The molecule has 3 aliphatic rings. The minimum atomic E-state index is -3.66. The lowest BCUT2D eigenvalue weighted by atomic mass is 9.82. The van der Waals surface area contributed by atoms with Crippen LogP contribution < -0.4 is 10.5 Å². The van der Waals surface area contributed by atoms with Crippen LogP contribution in [0, 0.1) is 16.0 Å². The fourth-order valence-corrected chi connectivity index (χ4v) is 11.5. The summed E-state index contributed by atoms with van der Waals surface area (Å²) in [6.45, 7) is 4.92. The van der Waals surface area contributed by atoms with Crippen molar-refractivity contribution < 1.29 is 28.5 Å². The van der Waals surface area contributed by atoms with Gasteiger partial charge in [0.15, 0.2) is 5.60 Å². The third kappa shape index (κ3) is 5.67. The number of halogens is 1. The van der Waals surface area contributed by atoms with E-state index in [0.29, 0.717) is 34.3 Å². The normalized spacial score (nSPS) is 23.6. The smallest absolute Gasteiger partial charge is 0.279 e. The van der Waals surface area contributed by atoms with E-state index < -0.39 is 48.4 Å². The van der Waals surface area contributed by atoms with Crippen molar-refractivity contribution in [3.63, 3.8) is 0 Å². The van der Waals surface area contributed by atoms with E-state index in [0.717, 1.165) is 11.1 Å². The summed E-state index contributed by atoms with van der Waals surface area (Å²) in [6, 6.07) is 25.8. The number of aromatic amines is 1. The standard InChI is InChI=1S/C40H40FN5O7Si/c1-24-37(54(2,3)41)35(20-36(48)43-22-27-9-5-4-8-26(27)18-30(43)23-47)53-40(24)32-19-29(46(51)52)16-17-34(32)44(39(40)50)21-25-12-14-28(15-13-25)45-38(49)31-10-6-7-11-33(31)42-45/h4-17,19,24,30,35,37,42,47H,18,20-23H2,1-3H3/t24-,30-,35+,37-,40+/m0/s1. The number of aliphatic hydroxyl groups excluding tert-OH is 1. The van der Waals surface area contributed by atoms with Gasteiger partial charge in [-0.1, -0.05) is 55.5 Å². The number of aromatic nitrogens is 2. The first-order valence-corrected chi connectivity index (χ1v) is 21.0. The number of benzene rings is 4. The fourth-order valence-electron chi connectivity index (χ4n) is 9.01. The van der Waals surface area contributed by atoms with Gasteiger partial charge in [0.1, 0.15) is 0 Å². The van der Waals surface area contributed by atoms with Crippen molar-refractivity contribution in [2.45, 2.75) is 69.2 Å². The summed E-state index contributed by atoms with van der Waals surface area (Å²) in [5, 5.41) is 26.0. The molecule has 12 nitrogen and oxygen atoms in total. The maximum absolute atomic E-state index is 16.5. The molecule has 2 amide bonds. The number of hydrogen-bond donors (Lipinski definition) is 2. The highest BCUT2D eigenvalue weighted by Gasteiger charge is 2.67. The van der Waals surface area contributed by atoms with E-state index in [9.17, 15) is 29.6 Å². The van der Waals surface area contributed by atoms with Crippen molar-refractivity contribution in [1.82, 2.24) is 14.7 Å². The molecule has 54 heavy (non-hydrogen) atoms. The quantitative estimate of drug-likeness (QED) is 0.0870. The molecule has 0 saturated carbocycles. The van der Waals surface area contributed by atoms with Gasteiger partial charge in [-0.15, -0.1) is 0 Å². The molecule has 0 aliphatic carbocycles. The summed E-state index contributed by atoms with van der Waals surface area (Å²) in [5.74, 6) is -1.58. The third-order valence-corrected chi connectivity index (χ3v) is 14.0. The van der Waals surface area contributed by atoms with E-state index in [1.807, 2.05) is 36.4 Å². The number of nitro groups is 1. The predicted molar refractivity (Wildman–Crippen MR) is 202 cm³/mol. The topological polar surface area (TPSA) is 151 Å². The minimum Gasteiger partial charge on any atom is -0.394 e. The zero-order valence-electron chi connectivity index (χ0n) is 30.1. The summed E-state index contributed by atoms with van der Waals surface area (Å²) < 4.78 is 24.7. The van der Waals surface area contributed by atoms with Crippen LogP contribution in [0.3, 0.4) is 0 Å². The van der Waals surface area contributed by atoms with Gasteiger partial charge in [-0.2, -0.15) is 0 Å². The second-order valence-electron chi connectivity index (χ2n) is 15.1. The molecule has 4 heterocycles. The number of rotatable bonds is 8. The van der Waals surface area contributed by atoms with Crippen molar-refractivity contribution in [2.75, 3.05) is 11.5 Å².